The molecular weight excluding hydrogens is 478 g/mol. The number of rotatable bonds is 8. The largest absolute Gasteiger partial charge is 0.396 e. The van der Waals surface area contributed by atoms with E-state index in [1.54, 1.807) is 18.3 Å². The van der Waals surface area contributed by atoms with Crippen molar-refractivity contribution in [3.63, 3.8) is 0 Å². The van der Waals surface area contributed by atoms with Crippen molar-refractivity contribution in [1.29, 1.82) is 0 Å². The summed E-state index contributed by atoms with van der Waals surface area (Å²) < 4.78 is 0. The van der Waals surface area contributed by atoms with Gasteiger partial charge in [0, 0.05) is 59.9 Å². The number of hydrogen-bond acceptors (Lipinski definition) is 5. The third-order valence-electron chi connectivity index (χ3n) is 6.69. The van der Waals surface area contributed by atoms with Crippen LogP contribution in [0.1, 0.15) is 33.7 Å². The van der Waals surface area contributed by atoms with Crippen LogP contribution in [0.3, 0.4) is 0 Å². The van der Waals surface area contributed by atoms with Crippen molar-refractivity contribution in [3.05, 3.63) is 102 Å². The average Bonchev–Trinajstić information content (AvgIpc) is 3.51. The number of aliphatic hydroxyl groups is 1. The highest BCUT2D eigenvalue weighted by Crippen LogP contribution is 2.24. The second kappa shape index (κ2) is 11.7. The van der Waals surface area contributed by atoms with Gasteiger partial charge in [-0.3, -0.25) is 9.59 Å². The van der Waals surface area contributed by atoms with Crippen LogP contribution in [-0.2, 0) is 0 Å². The Hall–Kier alpha value is -4.56. The Morgan fingerprint density at radius 3 is 2.00 bits per heavy atom. The van der Waals surface area contributed by atoms with Crippen molar-refractivity contribution in [2.75, 3.05) is 40.5 Å². The second-order valence-corrected chi connectivity index (χ2v) is 9.46. The Morgan fingerprint density at radius 1 is 0.816 bits per heavy atom. The minimum Gasteiger partial charge on any atom is -0.396 e. The highest BCUT2D eigenvalue weighted by Gasteiger charge is 2.19. The van der Waals surface area contributed by atoms with Crippen LogP contribution in [0.4, 0.5) is 28.4 Å². The van der Waals surface area contributed by atoms with Crippen LogP contribution < -0.4 is 20.9 Å². The molecule has 0 aliphatic carbocycles. The van der Waals surface area contributed by atoms with Crippen LogP contribution in [0.5, 0.6) is 0 Å². The highest BCUT2D eigenvalue weighted by molar-refractivity contribution is 6.04. The van der Waals surface area contributed by atoms with Crippen molar-refractivity contribution in [2.24, 2.45) is 5.92 Å². The molecule has 194 valence electrons. The van der Waals surface area contributed by atoms with E-state index in [0.29, 0.717) is 28.6 Å². The Balaban J connectivity index is 1.13. The van der Waals surface area contributed by atoms with E-state index in [1.165, 1.54) is 0 Å². The summed E-state index contributed by atoms with van der Waals surface area (Å²) in [5.74, 6) is -0.0464. The molecule has 1 saturated heterocycles. The quantitative estimate of drug-likeness (QED) is 0.216. The van der Waals surface area contributed by atoms with Crippen molar-refractivity contribution < 1.29 is 14.7 Å². The molecule has 0 spiro atoms. The summed E-state index contributed by atoms with van der Waals surface area (Å²) in [5.41, 5.74) is 5.32. The van der Waals surface area contributed by atoms with Crippen molar-refractivity contribution in [2.45, 2.75) is 12.8 Å². The maximum absolute atomic E-state index is 12.8. The SMILES string of the molecule is O=C(Nc1ccc(Nc2ccc(NC(=O)c3ccc[nH]3)cc2)cc1)c1ccc(N2CCCC(CO)C2)cc1. The summed E-state index contributed by atoms with van der Waals surface area (Å²) in [5, 5.41) is 18.6. The van der Waals surface area contributed by atoms with Gasteiger partial charge in [-0.15, -0.1) is 0 Å². The third kappa shape index (κ3) is 6.22. The fourth-order valence-electron chi connectivity index (χ4n) is 4.59. The van der Waals surface area contributed by atoms with E-state index in [9.17, 15) is 14.7 Å². The number of hydrogen-bond donors (Lipinski definition) is 5. The first-order valence-corrected chi connectivity index (χ1v) is 12.8. The molecule has 0 radical (unpaired) electrons. The molecule has 3 aromatic carbocycles. The molecule has 4 aromatic rings. The summed E-state index contributed by atoms with van der Waals surface area (Å²) in [6, 6.07) is 26.1. The number of carbonyl (C=O) groups excluding carboxylic acids is 2. The monoisotopic (exact) mass is 509 g/mol. The van der Waals surface area contributed by atoms with E-state index in [-0.39, 0.29) is 18.4 Å². The van der Waals surface area contributed by atoms with E-state index in [2.05, 4.69) is 25.8 Å². The normalized spacial score (nSPS) is 15.1. The smallest absolute Gasteiger partial charge is 0.272 e. The molecule has 0 bridgehead atoms. The van der Waals surface area contributed by atoms with Gasteiger partial charge in [0.1, 0.15) is 5.69 Å². The van der Waals surface area contributed by atoms with Gasteiger partial charge < -0.3 is 30.9 Å². The number of aromatic nitrogens is 1. The molecule has 5 N–H and O–H groups in total. The Labute approximate surface area is 221 Å². The molecule has 8 nitrogen and oxygen atoms in total. The zero-order valence-corrected chi connectivity index (χ0v) is 21.0. The second-order valence-electron chi connectivity index (χ2n) is 9.46. The van der Waals surface area contributed by atoms with E-state index in [0.717, 1.165) is 43.0 Å². The lowest BCUT2D eigenvalue weighted by molar-refractivity contribution is 0.101. The van der Waals surface area contributed by atoms with Crippen LogP contribution in [-0.4, -0.2) is 41.6 Å². The lowest BCUT2D eigenvalue weighted by Gasteiger charge is -2.33. The number of anilines is 5. The number of aromatic amines is 1. The van der Waals surface area contributed by atoms with Gasteiger partial charge >= 0.3 is 0 Å². The summed E-state index contributed by atoms with van der Waals surface area (Å²) in [6.45, 7) is 2.03. The topological polar surface area (TPSA) is 109 Å². The van der Waals surface area contributed by atoms with Crippen molar-refractivity contribution in [1.82, 2.24) is 4.98 Å². The molecule has 38 heavy (non-hydrogen) atoms. The van der Waals surface area contributed by atoms with E-state index in [1.807, 2.05) is 72.8 Å². The van der Waals surface area contributed by atoms with Gasteiger partial charge in [-0.05, 0) is 104 Å². The first-order chi connectivity index (χ1) is 18.6. The lowest BCUT2D eigenvalue weighted by atomic mass is 9.98. The van der Waals surface area contributed by atoms with Crippen LogP contribution in [0, 0.1) is 5.92 Å². The van der Waals surface area contributed by atoms with Gasteiger partial charge in [0.25, 0.3) is 11.8 Å². The first kappa shape index (κ1) is 25.1. The Bertz CT molecular complexity index is 1350. The van der Waals surface area contributed by atoms with E-state index < -0.39 is 0 Å². The molecule has 1 atom stereocenters. The highest BCUT2D eigenvalue weighted by atomic mass is 16.3. The standard InChI is InChI=1S/C30H31N5O3/c36-20-21-3-2-18-35(19-21)27-15-5-22(6-16-27)29(37)33-25-11-7-23(8-12-25)32-24-9-13-26(14-10-24)34-30(38)28-4-1-17-31-28/h1,4-17,21,31-32,36H,2-3,18-20H2,(H,33,37)(H,34,38). The van der Waals surface area contributed by atoms with Crippen LogP contribution in [0.25, 0.3) is 0 Å². The van der Waals surface area contributed by atoms with Crippen LogP contribution >= 0.6 is 0 Å². The predicted octanol–water partition coefficient (Wildman–Crippen LogP) is 5.47. The number of benzene rings is 3. The van der Waals surface area contributed by atoms with Gasteiger partial charge in [-0.25, -0.2) is 0 Å². The Kier molecular flexibility index (Phi) is 7.70. The number of aliphatic hydroxyl groups excluding tert-OH is 1. The van der Waals surface area contributed by atoms with Gasteiger partial charge in [-0.2, -0.15) is 0 Å². The van der Waals surface area contributed by atoms with Gasteiger partial charge in [0.15, 0.2) is 0 Å². The molecule has 1 aromatic heterocycles. The predicted molar refractivity (Wildman–Crippen MR) is 151 cm³/mol. The van der Waals surface area contributed by atoms with Gasteiger partial charge in [-0.1, -0.05) is 0 Å². The molecule has 5 rings (SSSR count). The summed E-state index contributed by atoms with van der Waals surface area (Å²) in [7, 11) is 0. The molecule has 1 aliphatic rings. The number of amides is 2. The minimum absolute atomic E-state index is 0.166. The molecular formula is C30H31N5O3. The number of carbonyl (C=O) groups is 2. The fourth-order valence-corrected chi connectivity index (χ4v) is 4.59. The first-order valence-electron chi connectivity index (χ1n) is 12.8. The van der Waals surface area contributed by atoms with E-state index in [4.69, 9.17) is 0 Å². The van der Waals surface area contributed by atoms with Crippen molar-refractivity contribution >= 4 is 40.3 Å². The number of piperidine rings is 1. The number of nitrogens with zero attached hydrogens (tertiary/aromatic N) is 1. The molecule has 0 saturated carbocycles. The van der Waals surface area contributed by atoms with E-state index >= 15 is 0 Å². The molecule has 1 unspecified atom stereocenters. The minimum atomic E-state index is -0.192. The molecule has 8 heteroatoms. The van der Waals surface area contributed by atoms with Gasteiger partial charge in [0.2, 0.25) is 0 Å². The zero-order valence-electron chi connectivity index (χ0n) is 21.0. The average molecular weight is 510 g/mol. The lowest BCUT2D eigenvalue weighted by Crippen LogP contribution is -2.36. The summed E-state index contributed by atoms with van der Waals surface area (Å²) in [6.07, 6.45) is 3.83. The Morgan fingerprint density at radius 2 is 1.42 bits per heavy atom. The van der Waals surface area contributed by atoms with Crippen molar-refractivity contribution in [3.8, 4) is 0 Å². The van der Waals surface area contributed by atoms with Crippen LogP contribution in [0.15, 0.2) is 91.1 Å². The summed E-state index contributed by atoms with van der Waals surface area (Å²) in [4.78, 5) is 30.1. The summed E-state index contributed by atoms with van der Waals surface area (Å²) >= 11 is 0. The molecule has 1 aliphatic heterocycles. The zero-order chi connectivity index (χ0) is 26.3. The maximum Gasteiger partial charge on any atom is 0.272 e. The fraction of sp³-hybridized carbons (Fsp3) is 0.200. The maximum atomic E-state index is 12.8. The van der Waals surface area contributed by atoms with Gasteiger partial charge in [0.05, 0.1) is 0 Å². The molecule has 2 heterocycles. The van der Waals surface area contributed by atoms with Crippen LogP contribution in [0.2, 0.25) is 0 Å². The third-order valence-corrected chi connectivity index (χ3v) is 6.69. The molecule has 2 amide bonds. The number of H-pyrrole nitrogens is 1. The molecule has 1 fully saturated rings. The number of nitrogens with one attached hydrogen (secondary N) is 4.